The van der Waals surface area contributed by atoms with E-state index >= 15 is 0 Å². The number of furan rings is 1. The molecular weight excluding hydrogens is 568 g/mol. The molecule has 0 saturated carbocycles. The molecule has 2 aromatic heterocycles. The summed E-state index contributed by atoms with van der Waals surface area (Å²) in [5.41, 5.74) is 8.75. The highest BCUT2D eigenvalue weighted by Gasteiger charge is 2.38. The summed E-state index contributed by atoms with van der Waals surface area (Å²) in [5.74, 6) is -1.45. The fraction of sp³-hybridized carbons (Fsp3) is 0.143. The molecule has 0 fully saturated rings. The smallest absolute Gasteiger partial charge is 0.338 e. The first-order valence-electron chi connectivity index (χ1n) is 11.8. The summed E-state index contributed by atoms with van der Waals surface area (Å²) in [6.07, 6.45) is 0. The SMILES string of the molecule is CCOC(=O)c1cc(Br)ccc1-c1ccc(C2C(C#N)=C(N)Oc3c2c(C)nn3-c2cccc(C(=O)O)c2)o1. The van der Waals surface area contributed by atoms with Gasteiger partial charge in [-0.3, -0.25) is 0 Å². The number of aromatic nitrogens is 2. The number of carbonyl (C=O) groups excluding carboxylic acids is 1. The van der Waals surface area contributed by atoms with Crippen molar-refractivity contribution >= 4 is 27.9 Å². The Hall–Kier alpha value is -4.82. The van der Waals surface area contributed by atoms with E-state index in [4.69, 9.17) is 19.6 Å². The van der Waals surface area contributed by atoms with E-state index in [1.807, 2.05) is 0 Å². The van der Waals surface area contributed by atoms with Crippen molar-refractivity contribution in [2.75, 3.05) is 6.61 Å². The van der Waals surface area contributed by atoms with Gasteiger partial charge in [0.15, 0.2) is 0 Å². The molecule has 1 unspecified atom stereocenters. The van der Waals surface area contributed by atoms with Gasteiger partial charge >= 0.3 is 11.9 Å². The largest absolute Gasteiger partial charge is 0.478 e. The molecule has 0 amide bonds. The second-order valence-corrected chi connectivity index (χ2v) is 9.52. The maximum Gasteiger partial charge on any atom is 0.338 e. The molecule has 1 aliphatic rings. The Balaban J connectivity index is 1.64. The average molecular weight is 589 g/mol. The van der Waals surface area contributed by atoms with Crippen LogP contribution in [0.15, 0.2) is 74.9 Å². The van der Waals surface area contributed by atoms with Gasteiger partial charge in [-0.15, -0.1) is 0 Å². The number of fused-ring (bicyclic) bond motifs is 1. The van der Waals surface area contributed by atoms with Crippen LogP contribution in [0.1, 0.15) is 50.6 Å². The molecule has 3 heterocycles. The number of esters is 1. The van der Waals surface area contributed by atoms with Crippen LogP contribution in [0.3, 0.4) is 0 Å². The van der Waals surface area contributed by atoms with E-state index in [-0.39, 0.29) is 29.5 Å². The predicted octanol–water partition coefficient (Wildman–Crippen LogP) is 5.30. The van der Waals surface area contributed by atoms with Crippen molar-refractivity contribution in [1.29, 1.82) is 5.26 Å². The van der Waals surface area contributed by atoms with Gasteiger partial charge in [-0.1, -0.05) is 22.0 Å². The van der Waals surface area contributed by atoms with Crippen molar-refractivity contribution < 1.29 is 28.6 Å². The number of rotatable bonds is 6. The number of carbonyl (C=O) groups is 2. The molecule has 0 radical (unpaired) electrons. The number of nitrogens with zero attached hydrogens (tertiary/aromatic N) is 3. The first-order valence-corrected chi connectivity index (χ1v) is 12.6. The van der Waals surface area contributed by atoms with E-state index < -0.39 is 17.9 Å². The Morgan fingerprint density at radius 3 is 2.74 bits per heavy atom. The number of hydrogen-bond donors (Lipinski definition) is 2. The zero-order chi connectivity index (χ0) is 27.8. The lowest BCUT2D eigenvalue weighted by atomic mass is 9.88. The van der Waals surface area contributed by atoms with Gasteiger partial charge in [-0.2, -0.15) is 10.4 Å². The summed E-state index contributed by atoms with van der Waals surface area (Å²) < 4.78 is 19.5. The van der Waals surface area contributed by atoms with E-state index in [1.165, 1.54) is 16.8 Å². The van der Waals surface area contributed by atoms with Gasteiger partial charge < -0.3 is 24.7 Å². The van der Waals surface area contributed by atoms with Crippen molar-refractivity contribution in [3.05, 3.63) is 98.7 Å². The number of halogens is 1. The number of benzene rings is 2. The molecule has 0 spiro atoms. The van der Waals surface area contributed by atoms with Crippen molar-refractivity contribution in [3.63, 3.8) is 0 Å². The molecule has 196 valence electrons. The molecule has 10 nitrogen and oxygen atoms in total. The van der Waals surface area contributed by atoms with Gasteiger partial charge in [-0.25, -0.2) is 14.3 Å². The number of aryl methyl sites for hydroxylation is 1. The average Bonchev–Trinajstić information content (AvgIpc) is 3.53. The fourth-order valence-electron chi connectivity index (χ4n) is 4.51. The first-order chi connectivity index (χ1) is 18.7. The van der Waals surface area contributed by atoms with Crippen LogP contribution in [-0.2, 0) is 4.74 Å². The van der Waals surface area contributed by atoms with E-state index in [0.717, 1.165) is 0 Å². The summed E-state index contributed by atoms with van der Waals surface area (Å²) in [4.78, 5) is 24.2. The van der Waals surface area contributed by atoms with Crippen molar-refractivity contribution in [3.8, 4) is 29.0 Å². The van der Waals surface area contributed by atoms with Gasteiger partial charge in [0.05, 0.1) is 40.6 Å². The first kappa shape index (κ1) is 25.8. The molecule has 39 heavy (non-hydrogen) atoms. The molecule has 1 atom stereocenters. The maximum absolute atomic E-state index is 12.6. The van der Waals surface area contributed by atoms with Crippen molar-refractivity contribution in [2.45, 2.75) is 19.8 Å². The molecule has 0 aliphatic carbocycles. The van der Waals surface area contributed by atoms with Gasteiger partial charge in [0.25, 0.3) is 0 Å². The summed E-state index contributed by atoms with van der Waals surface area (Å²) >= 11 is 3.39. The molecule has 11 heteroatoms. The highest BCUT2D eigenvalue weighted by Crippen LogP contribution is 2.46. The fourth-order valence-corrected chi connectivity index (χ4v) is 4.87. The number of ether oxygens (including phenoxy) is 2. The van der Waals surface area contributed by atoms with Gasteiger partial charge in [0, 0.05) is 10.0 Å². The summed E-state index contributed by atoms with van der Waals surface area (Å²) in [6.45, 7) is 3.69. The molecule has 5 rings (SSSR count). The third-order valence-corrected chi connectivity index (χ3v) is 6.72. The molecule has 1 aliphatic heterocycles. The van der Waals surface area contributed by atoms with Gasteiger partial charge in [0.1, 0.15) is 23.2 Å². The molecule has 3 N–H and O–H groups in total. The number of aromatic carboxylic acids is 1. The summed E-state index contributed by atoms with van der Waals surface area (Å²) in [5, 5.41) is 24.0. The third kappa shape index (κ3) is 4.55. The van der Waals surface area contributed by atoms with Gasteiger partial charge in [0.2, 0.25) is 11.8 Å². The van der Waals surface area contributed by atoms with Crippen LogP contribution in [0.5, 0.6) is 5.88 Å². The standard InChI is InChI=1S/C28H21BrN4O6/c1-3-37-28(36)19-12-16(29)7-8-18(19)21-9-10-22(38-21)24-20(13-30)25(31)39-26-23(24)14(2)32-33(26)17-6-4-5-15(11-17)27(34)35/h4-12,24H,3,31H2,1-2H3,(H,34,35). The van der Waals surface area contributed by atoms with E-state index in [2.05, 4.69) is 27.1 Å². The van der Waals surface area contributed by atoms with Crippen LogP contribution >= 0.6 is 15.9 Å². The van der Waals surface area contributed by atoms with Crippen LogP contribution < -0.4 is 10.5 Å². The predicted molar refractivity (Wildman–Crippen MR) is 142 cm³/mol. The molecule has 4 aromatic rings. The lowest BCUT2D eigenvalue weighted by molar-refractivity contribution is 0.0526. The second kappa shape index (κ2) is 10.2. The lowest BCUT2D eigenvalue weighted by Crippen LogP contribution is -2.22. The number of carboxylic acids is 1. The Labute approximate surface area is 231 Å². The van der Waals surface area contributed by atoms with E-state index in [9.17, 15) is 20.0 Å². The number of carboxylic acid groups (broad SMARTS) is 1. The van der Waals surface area contributed by atoms with E-state index in [0.29, 0.717) is 44.1 Å². The van der Waals surface area contributed by atoms with E-state index in [1.54, 1.807) is 56.3 Å². The second-order valence-electron chi connectivity index (χ2n) is 8.61. The maximum atomic E-state index is 12.6. The Kier molecular flexibility index (Phi) is 6.72. The molecule has 2 aromatic carbocycles. The number of nitriles is 1. The highest BCUT2D eigenvalue weighted by atomic mass is 79.9. The minimum atomic E-state index is -1.09. The minimum Gasteiger partial charge on any atom is -0.478 e. The normalized spacial score (nSPS) is 14.4. The zero-order valence-corrected chi connectivity index (χ0v) is 22.4. The van der Waals surface area contributed by atoms with Crippen LogP contribution in [0.2, 0.25) is 0 Å². The molecular formula is C28H21BrN4O6. The van der Waals surface area contributed by atoms with Crippen LogP contribution in [0.4, 0.5) is 0 Å². The van der Waals surface area contributed by atoms with Crippen LogP contribution in [0.25, 0.3) is 17.0 Å². The summed E-state index contributed by atoms with van der Waals surface area (Å²) in [6, 6.07) is 16.9. The van der Waals surface area contributed by atoms with Crippen molar-refractivity contribution in [1.82, 2.24) is 9.78 Å². The van der Waals surface area contributed by atoms with Crippen LogP contribution in [-0.4, -0.2) is 33.4 Å². The zero-order valence-electron chi connectivity index (χ0n) is 20.8. The van der Waals surface area contributed by atoms with Gasteiger partial charge in [-0.05, 0) is 62.4 Å². The Bertz CT molecular complexity index is 1710. The Morgan fingerprint density at radius 2 is 2.03 bits per heavy atom. The monoisotopic (exact) mass is 588 g/mol. The highest BCUT2D eigenvalue weighted by molar-refractivity contribution is 9.10. The third-order valence-electron chi connectivity index (χ3n) is 6.22. The lowest BCUT2D eigenvalue weighted by Gasteiger charge is -2.23. The topological polar surface area (TPSA) is 154 Å². The van der Waals surface area contributed by atoms with Crippen molar-refractivity contribution in [2.24, 2.45) is 5.73 Å². The number of hydrogen-bond acceptors (Lipinski definition) is 8. The molecule has 0 saturated heterocycles. The molecule has 0 bridgehead atoms. The quantitative estimate of drug-likeness (QED) is 0.285. The summed E-state index contributed by atoms with van der Waals surface area (Å²) in [7, 11) is 0. The minimum absolute atomic E-state index is 0.0746. The van der Waals surface area contributed by atoms with Crippen LogP contribution in [0, 0.1) is 18.3 Å². The Morgan fingerprint density at radius 1 is 1.23 bits per heavy atom. The number of nitrogens with two attached hydrogens (primary N) is 1. The number of allylic oxidation sites excluding steroid dienone is 1.